The van der Waals surface area contributed by atoms with E-state index in [0.29, 0.717) is 33.1 Å². The fourth-order valence-corrected chi connectivity index (χ4v) is 4.08. The third-order valence-corrected chi connectivity index (χ3v) is 6.35. The molecule has 0 radical (unpaired) electrons. The standard InChI is InChI=1S/C24H26Cl2N4O2S/c1-3-16(2)27-22(31)11-12-30(14-17-7-5-4-6-8-17)23(32)21-15-33-24(29-21)28-20-13-18(25)9-10-19(20)26/h4-10,13,15-16H,3,11-12,14H2,1-2H3,(H,27,31)(H,28,29)/t16-/m1/s1. The lowest BCUT2D eigenvalue weighted by molar-refractivity contribution is -0.121. The predicted molar refractivity (Wildman–Crippen MR) is 136 cm³/mol. The van der Waals surface area contributed by atoms with E-state index in [4.69, 9.17) is 23.2 Å². The molecule has 0 spiro atoms. The van der Waals surface area contributed by atoms with Crippen molar-refractivity contribution in [1.29, 1.82) is 0 Å². The van der Waals surface area contributed by atoms with Gasteiger partial charge in [0.1, 0.15) is 5.69 Å². The van der Waals surface area contributed by atoms with Crippen LogP contribution in [0.1, 0.15) is 42.7 Å². The van der Waals surface area contributed by atoms with Crippen LogP contribution in [0.3, 0.4) is 0 Å². The minimum atomic E-state index is -0.239. The summed E-state index contributed by atoms with van der Waals surface area (Å²) in [4.78, 5) is 31.7. The van der Waals surface area contributed by atoms with Crippen molar-refractivity contribution in [3.63, 3.8) is 0 Å². The average Bonchev–Trinajstić information content (AvgIpc) is 3.27. The highest BCUT2D eigenvalue weighted by Gasteiger charge is 2.21. The fourth-order valence-electron chi connectivity index (χ4n) is 3.04. The summed E-state index contributed by atoms with van der Waals surface area (Å²) in [6, 6.07) is 14.9. The normalized spacial score (nSPS) is 11.6. The zero-order valence-electron chi connectivity index (χ0n) is 18.5. The molecule has 9 heteroatoms. The van der Waals surface area contributed by atoms with Crippen LogP contribution in [0.2, 0.25) is 10.0 Å². The molecule has 1 heterocycles. The van der Waals surface area contributed by atoms with Crippen molar-refractivity contribution in [3.8, 4) is 0 Å². The van der Waals surface area contributed by atoms with E-state index in [1.807, 2.05) is 44.2 Å². The molecule has 2 amide bonds. The summed E-state index contributed by atoms with van der Waals surface area (Å²) in [6.07, 6.45) is 1.07. The van der Waals surface area contributed by atoms with Gasteiger partial charge in [0.15, 0.2) is 5.13 Å². The first-order valence-corrected chi connectivity index (χ1v) is 12.3. The number of rotatable bonds is 10. The Morgan fingerprint density at radius 2 is 1.91 bits per heavy atom. The van der Waals surface area contributed by atoms with Gasteiger partial charge in [-0.2, -0.15) is 0 Å². The highest BCUT2D eigenvalue weighted by Crippen LogP contribution is 2.30. The molecule has 0 aliphatic carbocycles. The molecule has 33 heavy (non-hydrogen) atoms. The molecule has 2 N–H and O–H groups in total. The Hall–Kier alpha value is -2.61. The molecule has 0 saturated heterocycles. The van der Waals surface area contributed by atoms with Gasteiger partial charge in [0.25, 0.3) is 5.91 Å². The van der Waals surface area contributed by atoms with E-state index in [1.165, 1.54) is 11.3 Å². The summed E-state index contributed by atoms with van der Waals surface area (Å²) in [6.45, 7) is 4.65. The van der Waals surface area contributed by atoms with Crippen LogP contribution in [0.15, 0.2) is 53.9 Å². The molecule has 0 unspecified atom stereocenters. The average molecular weight is 505 g/mol. The van der Waals surface area contributed by atoms with E-state index < -0.39 is 0 Å². The lowest BCUT2D eigenvalue weighted by Gasteiger charge is -2.22. The third kappa shape index (κ3) is 7.45. The van der Waals surface area contributed by atoms with E-state index in [1.54, 1.807) is 28.5 Å². The van der Waals surface area contributed by atoms with Crippen LogP contribution in [-0.2, 0) is 11.3 Å². The van der Waals surface area contributed by atoms with Crippen molar-refractivity contribution in [2.24, 2.45) is 0 Å². The number of hydrogen-bond donors (Lipinski definition) is 2. The third-order valence-electron chi connectivity index (χ3n) is 5.03. The van der Waals surface area contributed by atoms with Gasteiger partial charge in [-0.3, -0.25) is 9.59 Å². The van der Waals surface area contributed by atoms with Crippen LogP contribution in [0, 0.1) is 0 Å². The molecule has 2 aromatic carbocycles. The van der Waals surface area contributed by atoms with Gasteiger partial charge in [-0.15, -0.1) is 11.3 Å². The summed E-state index contributed by atoms with van der Waals surface area (Å²) in [5.74, 6) is -0.317. The van der Waals surface area contributed by atoms with Gasteiger partial charge < -0.3 is 15.5 Å². The van der Waals surface area contributed by atoms with E-state index in [2.05, 4.69) is 15.6 Å². The molecule has 0 aliphatic heterocycles. The van der Waals surface area contributed by atoms with Gasteiger partial charge in [0.2, 0.25) is 5.91 Å². The van der Waals surface area contributed by atoms with Gasteiger partial charge in [0.05, 0.1) is 10.7 Å². The molecule has 174 valence electrons. The number of hydrogen-bond acceptors (Lipinski definition) is 5. The molecule has 3 aromatic rings. The number of nitrogens with zero attached hydrogens (tertiary/aromatic N) is 2. The molecule has 6 nitrogen and oxygen atoms in total. The van der Waals surface area contributed by atoms with Crippen LogP contribution < -0.4 is 10.6 Å². The van der Waals surface area contributed by atoms with E-state index in [0.717, 1.165) is 12.0 Å². The van der Waals surface area contributed by atoms with Crippen LogP contribution in [0.25, 0.3) is 0 Å². The highest BCUT2D eigenvalue weighted by atomic mass is 35.5. The maximum atomic E-state index is 13.3. The zero-order chi connectivity index (χ0) is 23.8. The van der Waals surface area contributed by atoms with Gasteiger partial charge >= 0.3 is 0 Å². The molecular formula is C24H26Cl2N4O2S. The lowest BCUT2D eigenvalue weighted by Crippen LogP contribution is -2.37. The van der Waals surface area contributed by atoms with E-state index in [-0.39, 0.29) is 30.8 Å². The Labute approximate surface area is 207 Å². The monoisotopic (exact) mass is 504 g/mol. The Morgan fingerprint density at radius 1 is 1.15 bits per heavy atom. The molecular weight excluding hydrogens is 479 g/mol. The number of halogens is 2. The Morgan fingerprint density at radius 3 is 2.64 bits per heavy atom. The molecule has 0 saturated carbocycles. The topological polar surface area (TPSA) is 74.3 Å². The molecule has 0 aliphatic rings. The van der Waals surface area contributed by atoms with E-state index >= 15 is 0 Å². The van der Waals surface area contributed by atoms with Crippen molar-refractivity contribution >= 4 is 57.2 Å². The summed E-state index contributed by atoms with van der Waals surface area (Å²) in [5.41, 5.74) is 1.90. The first-order chi connectivity index (χ1) is 15.9. The molecule has 0 bridgehead atoms. The number of aromatic nitrogens is 1. The molecule has 1 atom stereocenters. The SMILES string of the molecule is CC[C@@H](C)NC(=O)CCN(Cc1ccccc1)C(=O)c1csc(Nc2cc(Cl)ccc2Cl)n1. The minimum Gasteiger partial charge on any atom is -0.354 e. The summed E-state index contributed by atoms with van der Waals surface area (Å²) in [5, 5.41) is 9.32. The molecule has 0 fully saturated rings. The first-order valence-electron chi connectivity index (χ1n) is 10.7. The molecule has 3 rings (SSSR count). The quantitative estimate of drug-likeness (QED) is 0.347. The number of benzene rings is 2. The summed E-state index contributed by atoms with van der Waals surface area (Å²) in [7, 11) is 0. The predicted octanol–water partition coefficient (Wildman–Crippen LogP) is 6.14. The maximum Gasteiger partial charge on any atom is 0.273 e. The first kappa shape index (κ1) is 25.0. The highest BCUT2D eigenvalue weighted by molar-refractivity contribution is 7.14. The van der Waals surface area contributed by atoms with Gasteiger partial charge in [-0.25, -0.2) is 4.98 Å². The van der Waals surface area contributed by atoms with Crippen LogP contribution >= 0.6 is 34.5 Å². The van der Waals surface area contributed by atoms with Crippen LogP contribution in [0.4, 0.5) is 10.8 Å². The van der Waals surface area contributed by atoms with Crippen molar-refractivity contribution in [1.82, 2.24) is 15.2 Å². The summed E-state index contributed by atoms with van der Waals surface area (Å²) < 4.78 is 0. The zero-order valence-corrected chi connectivity index (χ0v) is 20.8. The minimum absolute atomic E-state index is 0.0774. The maximum absolute atomic E-state index is 13.3. The largest absolute Gasteiger partial charge is 0.354 e. The van der Waals surface area contributed by atoms with Gasteiger partial charge in [0, 0.05) is 36.0 Å². The second kappa shape index (κ2) is 12.0. The Kier molecular flexibility index (Phi) is 9.11. The lowest BCUT2D eigenvalue weighted by atomic mass is 10.2. The second-order valence-electron chi connectivity index (χ2n) is 7.63. The smallest absolute Gasteiger partial charge is 0.273 e. The van der Waals surface area contributed by atoms with Crippen molar-refractivity contribution in [2.45, 2.75) is 39.3 Å². The van der Waals surface area contributed by atoms with Gasteiger partial charge in [-0.05, 0) is 37.1 Å². The van der Waals surface area contributed by atoms with Crippen LogP contribution in [-0.4, -0.2) is 34.3 Å². The van der Waals surface area contributed by atoms with E-state index in [9.17, 15) is 9.59 Å². The second-order valence-corrected chi connectivity index (χ2v) is 9.33. The number of carbonyl (C=O) groups excluding carboxylic acids is 2. The van der Waals surface area contributed by atoms with Crippen LogP contribution in [0.5, 0.6) is 0 Å². The fraction of sp³-hybridized carbons (Fsp3) is 0.292. The molecule has 1 aromatic heterocycles. The number of nitrogens with one attached hydrogen (secondary N) is 2. The Balaban J connectivity index is 1.73. The van der Waals surface area contributed by atoms with Crippen molar-refractivity contribution < 1.29 is 9.59 Å². The number of amides is 2. The van der Waals surface area contributed by atoms with Crippen molar-refractivity contribution in [2.75, 3.05) is 11.9 Å². The number of thiazole rings is 1. The number of carbonyl (C=O) groups is 2. The van der Waals surface area contributed by atoms with Crippen molar-refractivity contribution in [3.05, 3.63) is 75.2 Å². The summed E-state index contributed by atoms with van der Waals surface area (Å²) >= 11 is 13.6. The number of anilines is 2. The van der Waals surface area contributed by atoms with Gasteiger partial charge in [-0.1, -0.05) is 60.5 Å². The Bertz CT molecular complexity index is 1090.